The molecule has 2 N–H and O–H groups in total. The van der Waals surface area contributed by atoms with E-state index in [9.17, 15) is 4.79 Å². The summed E-state index contributed by atoms with van der Waals surface area (Å²) in [6.07, 6.45) is 1.27. The Morgan fingerprint density at radius 3 is 2.48 bits per heavy atom. The Labute approximate surface area is 175 Å². The lowest BCUT2D eigenvalue weighted by Crippen LogP contribution is -2.22. The first kappa shape index (κ1) is 19.4. The van der Waals surface area contributed by atoms with Crippen molar-refractivity contribution in [3.05, 3.63) is 69.9 Å². The van der Waals surface area contributed by atoms with E-state index in [4.69, 9.17) is 11.6 Å². The first-order chi connectivity index (χ1) is 13.9. The van der Waals surface area contributed by atoms with Crippen molar-refractivity contribution in [3.8, 4) is 0 Å². The summed E-state index contributed by atoms with van der Waals surface area (Å²) >= 11 is 5.98. The number of benzene rings is 2. The van der Waals surface area contributed by atoms with Crippen LogP contribution in [0, 0.1) is 19.8 Å². The maximum absolute atomic E-state index is 12.8. The van der Waals surface area contributed by atoms with Crippen LogP contribution in [-0.2, 0) is 6.42 Å². The third-order valence-corrected chi connectivity index (χ3v) is 5.33. The van der Waals surface area contributed by atoms with Gasteiger partial charge in [0.25, 0.3) is 0 Å². The molecule has 29 heavy (non-hydrogen) atoms. The molecule has 0 radical (unpaired) electrons. The lowest BCUT2D eigenvalue weighted by molar-refractivity contribution is 0.0953. The molecule has 0 fully saturated rings. The average molecular weight is 407 g/mol. The Balaban J connectivity index is 1.76. The third kappa shape index (κ3) is 4.25. The van der Waals surface area contributed by atoms with Crippen LogP contribution in [0.4, 0.5) is 23.1 Å². The number of hydrogen-bond acceptors (Lipinski definition) is 5. The number of carbonyl (C=O) groups is 1. The molecule has 3 aromatic rings. The summed E-state index contributed by atoms with van der Waals surface area (Å²) in [5.41, 5.74) is 5.44. The van der Waals surface area contributed by atoms with Gasteiger partial charge in [0.1, 0.15) is 5.82 Å². The molecular formula is C23H23ClN4O. The van der Waals surface area contributed by atoms with Gasteiger partial charge >= 0.3 is 0 Å². The molecule has 0 spiro atoms. The topological polar surface area (TPSA) is 66.9 Å². The molecule has 1 aliphatic rings. The average Bonchev–Trinajstić information content (AvgIpc) is 2.65. The summed E-state index contributed by atoms with van der Waals surface area (Å²) in [5, 5.41) is 7.27. The summed E-state index contributed by atoms with van der Waals surface area (Å²) in [6.45, 7) is 6.18. The van der Waals surface area contributed by atoms with Gasteiger partial charge in [0, 0.05) is 22.8 Å². The number of rotatable bonds is 4. The predicted octanol–water partition coefficient (Wildman–Crippen LogP) is 6.00. The minimum atomic E-state index is 0.0871. The van der Waals surface area contributed by atoms with Crippen molar-refractivity contribution in [2.45, 2.75) is 33.6 Å². The van der Waals surface area contributed by atoms with Crippen LogP contribution in [0.2, 0.25) is 5.02 Å². The molecule has 1 aliphatic carbocycles. The van der Waals surface area contributed by atoms with E-state index in [1.165, 1.54) is 5.56 Å². The van der Waals surface area contributed by atoms with Crippen LogP contribution >= 0.6 is 11.6 Å². The SMILES string of the molecule is Cc1ccc(Nc2nc(Nc3ccc(Cl)cc3)nc3c2C(=O)CC(C)C3)c(C)c1. The van der Waals surface area contributed by atoms with Gasteiger partial charge in [-0.3, -0.25) is 4.79 Å². The van der Waals surface area contributed by atoms with E-state index in [0.717, 1.165) is 29.1 Å². The number of anilines is 4. The van der Waals surface area contributed by atoms with E-state index in [1.54, 1.807) is 0 Å². The van der Waals surface area contributed by atoms with Crippen LogP contribution in [-0.4, -0.2) is 15.8 Å². The Hall–Kier alpha value is -2.92. The number of ketones is 1. The predicted molar refractivity (Wildman–Crippen MR) is 118 cm³/mol. The summed E-state index contributed by atoms with van der Waals surface area (Å²) < 4.78 is 0. The van der Waals surface area contributed by atoms with Gasteiger partial charge in [-0.1, -0.05) is 36.2 Å². The van der Waals surface area contributed by atoms with E-state index < -0.39 is 0 Å². The molecule has 2 aromatic carbocycles. The van der Waals surface area contributed by atoms with Gasteiger partial charge in [0.05, 0.1) is 11.3 Å². The fourth-order valence-corrected chi connectivity index (χ4v) is 3.78. The van der Waals surface area contributed by atoms with Gasteiger partial charge in [-0.25, -0.2) is 4.98 Å². The van der Waals surface area contributed by atoms with Crippen LogP contribution in [0.15, 0.2) is 42.5 Å². The molecule has 0 amide bonds. The number of hydrogen-bond donors (Lipinski definition) is 2. The Morgan fingerprint density at radius 2 is 1.76 bits per heavy atom. The standard InChI is InChI=1S/C23H23ClN4O/c1-13-4-9-18(15(3)10-13)26-22-21-19(11-14(2)12-20(21)29)27-23(28-22)25-17-7-5-16(24)6-8-17/h4-10,14H,11-12H2,1-3H3,(H2,25,26,27,28). The van der Waals surface area contributed by atoms with Crippen LogP contribution in [0.25, 0.3) is 0 Å². The summed E-state index contributed by atoms with van der Waals surface area (Å²) in [7, 11) is 0. The lowest BCUT2D eigenvalue weighted by Gasteiger charge is -2.23. The molecule has 1 unspecified atom stereocenters. The number of fused-ring (bicyclic) bond motifs is 1. The van der Waals surface area contributed by atoms with Crippen molar-refractivity contribution in [3.63, 3.8) is 0 Å². The largest absolute Gasteiger partial charge is 0.339 e. The second kappa shape index (κ2) is 7.84. The van der Waals surface area contributed by atoms with Gasteiger partial charge in [0.2, 0.25) is 5.95 Å². The molecule has 1 heterocycles. The van der Waals surface area contributed by atoms with Crippen LogP contribution < -0.4 is 10.6 Å². The fraction of sp³-hybridized carbons (Fsp3) is 0.261. The van der Waals surface area contributed by atoms with Gasteiger partial charge in [-0.15, -0.1) is 0 Å². The normalized spacial score (nSPS) is 15.7. The van der Waals surface area contributed by atoms with Gasteiger partial charge in [-0.05, 0) is 62.1 Å². The van der Waals surface area contributed by atoms with Crippen molar-refractivity contribution >= 4 is 40.5 Å². The highest BCUT2D eigenvalue weighted by atomic mass is 35.5. The van der Waals surface area contributed by atoms with E-state index in [2.05, 4.69) is 40.5 Å². The van der Waals surface area contributed by atoms with Crippen molar-refractivity contribution in [1.29, 1.82) is 0 Å². The number of nitrogens with zero attached hydrogens (tertiary/aromatic N) is 2. The second-order valence-corrected chi connectivity index (χ2v) is 8.17. The molecule has 0 saturated heterocycles. The van der Waals surface area contributed by atoms with Crippen LogP contribution in [0.3, 0.4) is 0 Å². The molecule has 0 bridgehead atoms. The molecule has 5 nitrogen and oxygen atoms in total. The number of halogens is 1. The number of carbonyl (C=O) groups excluding carboxylic acids is 1. The Kier molecular flexibility index (Phi) is 5.24. The van der Waals surface area contributed by atoms with Crippen LogP contribution in [0.1, 0.15) is 40.5 Å². The highest BCUT2D eigenvalue weighted by molar-refractivity contribution is 6.30. The molecule has 1 atom stereocenters. The molecule has 0 aliphatic heterocycles. The molecule has 6 heteroatoms. The summed E-state index contributed by atoms with van der Waals surface area (Å²) in [4.78, 5) is 22.1. The minimum absolute atomic E-state index is 0.0871. The second-order valence-electron chi connectivity index (χ2n) is 7.73. The Morgan fingerprint density at radius 1 is 1.00 bits per heavy atom. The number of Topliss-reactive ketones (excluding diaryl/α,β-unsaturated/α-hetero) is 1. The number of nitrogens with one attached hydrogen (secondary N) is 2. The summed E-state index contributed by atoms with van der Waals surface area (Å²) in [5.74, 6) is 1.36. The number of aryl methyl sites for hydroxylation is 2. The maximum Gasteiger partial charge on any atom is 0.229 e. The third-order valence-electron chi connectivity index (χ3n) is 5.07. The van der Waals surface area contributed by atoms with Crippen molar-refractivity contribution in [2.75, 3.05) is 10.6 Å². The summed E-state index contributed by atoms with van der Waals surface area (Å²) in [6, 6.07) is 13.5. The van der Waals surface area contributed by atoms with E-state index in [0.29, 0.717) is 28.8 Å². The zero-order valence-electron chi connectivity index (χ0n) is 16.7. The minimum Gasteiger partial charge on any atom is -0.339 e. The zero-order chi connectivity index (χ0) is 20.5. The maximum atomic E-state index is 12.8. The van der Waals surface area contributed by atoms with E-state index >= 15 is 0 Å². The lowest BCUT2D eigenvalue weighted by atomic mass is 9.87. The monoisotopic (exact) mass is 406 g/mol. The van der Waals surface area contributed by atoms with Gasteiger partial charge in [-0.2, -0.15) is 4.98 Å². The first-order valence-electron chi connectivity index (χ1n) is 9.70. The fourth-order valence-electron chi connectivity index (χ4n) is 3.66. The molecule has 4 rings (SSSR count). The molecule has 0 saturated carbocycles. The zero-order valence-corrected chi connectivity index (χ0v) is 17.5. The van der Waals surface area contributed by atoms with Crippen molar-refractivity contribution in [2.24, 2.45) is 5.92 Å². The molecule has 1 aromatic heterocycles. The highest BCUT2D eigenvalue weighted by Crippen LogP contribution is 2.32. The molecule has 148 valence electrons. The van der Waals surface area contributed by atoms with Crippen LogP contribution in [0.5, 0.6) is 0 Å². The van der Waals surface area contributed by atoms with E-state index in [1.807, 2.05) is 43.3 Å². The van der Waals surface area contributed by atoms with Gasteiger partial charge in [0.15, 0.2) is 5.78 Å². The highest BCUT2D eigenvalue weighted by Gasteiger charge is 2.28. The quantitative estimate of drug-likeness (QED) is 0.556. The van der Waals surface area contributed by atoms with Crippen molar-refractivity contribution in [1.82, 2.24) is 9.97 Å². The number of aromatic nitrogens is 2. The van der Waals surface area contributed by atoms with E-state index in [-0.39, 0.29) is 11.7 Å². The van der Waals surface area contributed by atoms with Crippen molar-refractivity contribution < 1.29 is 4.79 Å². The Bertz CT molecular complexity index is 1080. The molecular weight excluding hydrogens is 384 g/mol. The van der Waals surface area contributed by atoms with Gasteiger partial charge < -0.3 is 10.6 Å². The smallest absolute Gasteiger partial charge is 0.229 e. The first-order valence-corrected chi connectivity index (χ1v) is 10.1.